The Morgan fingerprint density at radius 1 is 1.13 bits per heavy atom. The molecule has 0 aliphatic carbocycles. The van der Waals surface area contributed by atoms with E-state index in [1.165, 1.54) is 11.3 Å². The van der Waals surface area contributed by atoms with E-state index in [0.717, 1.165) is 51.8 Å². The van der Waals surface area contributed by atoms with Gasteiger partial charge < -0.3 is 20.4 Å². The maximum Gasteiger partial charge on any atom is 0.234 e. The highest BCUT2D eigenvalue weighted by atomic mass is 127. The molecule has 7 nitrogen and oxygen atoms in total. The number of nitrogens with one attached hydrogen (secondary N) is 2. The molecule has 166 valence electrons. The highest BCUT2D eigenvalue weighted by Gasteiger charge is 2.21. The van der Waals surface area contributed by atoms with Gasteiger partial charge in [0.05, 0.1) is 6.54 Å². The molecule has 2 aliphatic heterocycles. The van der Waals surface area contributed by atoms with Crippen LogP contribution in [0.1, 0.15) is 19.4 Å². The van der Waals surface area contributed by atoms with E-state index < -0.39 is 0 Å². The first-order valence-electron chi connectivity index (χ1n) is 10.5. The third kappa shape index (κ3) is 7.16. The maximum absolute atomic E-state index is 12.0. The van der Waals surface area contributed by atoms with Gasteiger partial charge in [-0.15, -0.1) is 24.0 Å². The van der Waals surface area contributed by atoms with Crippen LogP contribution in [0.4, 0.5) is 5.69 Å². The Kier molecular flexibility index (Phi) is 9.90. The normalized spacial score (nSPS) is 17.3. The number of guanidine groups is 1. The Hall–Kier alpha value is -1.81. The van der Waals surface area contributed by atoms with Crippen molar-refractivity contribution in [2.45, 2.75) is 26.4 Å². The molecule has 2 N–H and O–H groups in total. The number of hydrogen-bond acceptors (Lipinski definition) is 4. The van der Waals surface area contributed by atoms with Gasteiger partial charge in [0.1, 0.15) is 0 Å². The third-order valence-corrected chi connectivity index (χ3v) is 5.25. The van der Waals surface area contributed by atoms with Crippen molar-refractivity contribution in [3.8, 4) is 0 Å². The predicted octanol–water partition coefficient (Wildman–Crippen LogP) is 1.90. The fourth-order valence-electron chi connectivity index (χ4n) is 3.75. The molecule has 8 heteroatoms. The molecular weight excluding hydrogens is 491 g/mol. The lowest BCUT2D eigenvalue weighted by Crippen LogP contribution is -2.54. The number of carbonyl (C=O) groups is 1. The molecule has 1 fully saturated rings. The van der Waals surface area contributed by atoms with Gasteiger partial charge in [0.15, 0.2) is 5.96 Å². The summed E-state index contributed by atoms with van der Waals surface area (Å²) >= 11 is 0. The molecule has 0 saturated carbocycles. The summed E-state index contributed by atoms with van der Waals surface area (Å²) in [6.45, 7) is 10.6. The molecule has 0 spiro atoms. The standard InChI is InChI=1S/C22H34N6O.HI/c1-18(2)25-21(29)17-26-11-13-28(14-12-26)22(23-3)24-16-19-7-6-8-20(15-19)27-9-4-5-10-27;/h4-8,15,18H,9-14,16-17H2,1-3H3,(H,23,24)(H,25,29);1H. The van der Waals surface area contributed by atoms with Crippen LogP contribution in [0.2, 0.25) is 0 Å². The monoisotopic (exact) mass is 526 g/mol. The minimum Gasteiger partial charge on any atom is -0.364 e. The summed E-state index contributed by atoms with van der Waals surface area (Å²) in [7, 11) is 1.83. The molecule has 3 rings (SSSR count). The molecule has 2 heterocycles. The molecule has 0 radical (unpaired) electrons. The lowest BCUT2D eigenvalue weighted by molar-refractivity contribution is -0.123. The highest BCUT2D eigenvalue weighted by molar-refractivity contribution is 14.0. The number of hydrogen-bond donors (Lipinski definition) is 2. The first-order valence-corrected chi connectivity index (χ1v) is 10.5. The van der Waals surface area contributed by atoms with Crippen LogP contribution in [-0.2, 0) is 11.3 Å². The summed E-state index contributed by atoms with van der Waals surface area (Å²) < 4.78 is 0. The van der Waals surface area contributed by atoms with Crippen molar-refractivity contribution < 1.29 is 4.79 Å². The molecule has 0 atom stereocenters. The highest BCUT2D eigenvalue weighted by Crippen LogP contribution is 2.18. The quantitative estimate of drug-likeness (QED) is 0.257. The van der Waals surface area contributed by atoms with Gasteiger partial charge in [-0.1, -0.05) is 24.3 Å². The maximum atomic E-state index is 12.0. The zero-order valence-electron chi connectivity index (χ0n) is 18.3. The third-order valence-electron chi connectivity index (χ3n) is 5.25. The molecule has 0 unspecified atom stereocenters. The second-order valence-electron chi connectivity index (χ2n) is 7.93. The first kappa shape index (κ1) is 24.5. The number of piperazine rings is 1. The number of anilines is 1. The van der Waals surface area contributed by atoms with Crippen molar-refractivity contribution in [3.05, 3.63) is 42.0 Å². The fraction of sp³-hybridized carbons (Fsp3) is 0.545. The van der Waals surface area contributed by atoms with Crippen LogP contribution in [0.5, 0.6) is 0 Å². The number of rotatable bonds is 6. The molecule has 1 aromatic rings. The zero-order chi connectivity index (χ0) is 20.6. The van der Waals surface area contributed by atoms with Crippen LogP contribution in [0.15, 0.2) is 41.4 Å². The van der Waals surface area contributed by atoms with Crippen LogP contribution < -0.4 is 15.5 Å². The second kappa shape index (κ2) is 12.1. The van der Waals surface area contributed by atoms with E-state index >= 15 is 0 Å². The zero-order valence-corrected chi connectivity index (χ0v) is 20.6. The van der Waals surface area contributed by atoms with Gasteiger partial charge in [-0.05, 0) is 31.5 Å². The van der Waals surface area contributed by atoms with Gasteiger partial charge in [0.2, 0.25) is 5.91 Å². The Labute approximate surface area is 197 Å². The Morgan fingerprint density at radius 3 is 2.47 bits per heavy atom. The average molecular weight is 526 g/mol. The van der Waals surface area contributed by atoms with Crippen molar-refractivity contribution in [1.82, 2.24) is 20.4 Å². The van der Waals surface area contributed by atoms with E-state index in [2.05, 4.69) is 66.7 Å². The predicted molar refractivity (Wildman–Crippen MR) is 135 cm³/mol. The molecule has 1 amide bonds. The van der Waals surface area contributed by atoms with E-state index in [9.17, 15) is 4.79 Å². The minimum atomic E-state index is 0. The molecule has 0 bridgehead atoms. The summed E-state index contributed by atoms with van der Waals surface area (Å²) in [5.41, 5.74) is 2.51. The van der Waals surface area contributed by atoms with E-state index in [-0.39, 0.29) is 35.9 Å². The molecule has 0 aromatic heterocycles. The SMILES string of the molecule is CN=C(NCc1cccc(N2CC=CC2)c1)N1CCN(CC(=O)NC(C)C)CC1.I. The van der Waals surface area contributed by atoms with Gasteiger partial charge in [-0.25, -0.2) is 0 Å². The Morgan fingerprint density at radius 2 is 1.83 bits per heavy atom. The van der Waals surface area contributed by atoms with Crippen molar-refractivity contribution in [3.63, 3.8) is 0 Å². The van der Waals surface area contributed by atoms with E-state index in [0.29, 0.717) is 6.54 Å². The molecule has 2 aliphatic rings. The first-order chi connectivity index (χ1) is 14.0. The fourth-order valence-corrected chi connectivity index (χ4v) is 3.75. The minimum absolute atomic E-state index is 0. The number of nitrogens with zero attached hydrogens (tertiary/aromatic N) is 4. The van der Waals surface area contributed by atoms with Crippen molar-refractivity contribution in [2.75, 3.05) is 57.8 Å². The number of aliphatic imine (C=N–C) groups is 1. The van der Waals surface area contributed by atoms with Gasteiger partial charge >= 0.3 is 0 Å². The number of benzene rings is 1. The summed E-state index contributed by atoms with van der Waals surface area (Å²) in [5.74, 6) is 1.02. The summed E-state index contributed by atoms with van der Waals surface area (Å²) in [6, 6.07) is 8.87. The van der Waals surface area contributed by atoms with Crippen molar-refractivity contribution >= 4 is 41.5 Å². The van der Waals surface area contributed by atoms with Crippen LogP contribution in [-0.4, -0.2) is 80.6 Å². The number of amides is 1. The largest absolute Gasteiger partial charge is 0.364 e. The number of halogens is 1. The van der Waals surface area contributed by atoms with Crippen LogP contribution in [0.3, 0.4) is 0 Å². The van der Waals surface area contributed by atoms with Crippen molar-refractivity contribution in [1.29, 1.82) is 0 Å². The second-order valence-corrected chi connectivity index (χ2v) is 7.93. The van der Waals surface area contributed by atoms with Crippen LogP contribution in [0.25, 0.3) is 0 Å². The molecule has 30 heavy (non-hydrogen) atoms. The Bertz CT molecular complexity index is 735. The summed E-state index contributed by atoms with van der Waals surface area (Å²) in [5, 5.41) is 6.46. The lowest BCUT2D eigenvalue weighted by atomic mass is 10.2. The van der Waals surface area contributed by atoms with Gasteiger partial charge in [-0.2, -0.15) is 0 Å². The molecular formula is C22H35IN6O. The van der Waals surface area contributed by atoms with E-state index in [4.69, 9.17) is 0 Å². The topological polar surface area (TPSA) is 63.2 Å². The van der Waals surface area contributed by atoms with Crippen LogP contribution >= 0.6 is 24.0 Å². The lowest BCUT2D eigenvalue weighted by Gasteiger charge is -2.36. The van der Waals surface area contributed by atoms with Gasteiger partial charge in [-0.3, -0.25) is 14.7 Å². The van der Waals surface area contributed by atoms with Gasteiger partial charge in [0, 0.05) is 64.6 Å². The van der Waals surface area contributed by atoms with E-state index in [1.54, 1.807) is 0 Å². The molecule has 1 saturated heterocycles. The van der Waals surface area contributed by atoms with Crippen molar-refractivity contribution in [2.24, 2.45) is 4.99 Å². The van der Waals surface area contributed by atoms with E-state index in [1.807, 2.05) is 20.9 Å². The Balaban J connectivity index is 0.00000320. The molecule has 1 aromatic carbocycles. The summed E-state index contributed by atoms with van der Waals surface area (Å²) in [4.78, 5) is 23.3. The average Bonchev–Trinajstić information content (AvgIpc) is 3.24. The van der Waals surface area contributed by atoms with Gasteiger partial charge in [0.25, 0.3) is 0 Å². The number of carbonyl (C=O) groups excluding carboxylic acids is 1. The summed E-state index contributed by atoms with van der Waals surface area (Å²) in [6.07, 6.45) is 4.41. The van der Waals surface area contributed by atoms with Crippen LogP contribution in [0, 0.1) is 0 Å². The smallest absolute Gasteiger partial charge is 0.234 e.